The molecule has 1 aliphatic heterocycles. The quantitative estimate of drug-likeness (QED) is 0.359. The van der Waals surface area contributed by atoms with Gasteiger partial charge in [-0.15, -0.1) is 0 Å². The van der Waals surface area contributed by atoms with E-state index in [0.29, 0.717) is 22.8 Å². The van der Waals surface area contributed by atoms with Crippen LogP contribution in [0.15, 0.2) is 76.9 Å². The van der Waals surface area contributed by atoms with Gasteiger partial charge in [-0.1, -0.05) is 29.8 Å². The summed E-state index contributed by atoms with van der Waals surface area (Å²) < 4.78 is 11.3. The van der Waals surface area contributed by atoms with Crippen LogP contribution in [-0.2, 0) is 9.59 Å². The number of aliphatic hydroxyl groups excluding tert-OH is 1. The van der Waals surface area contributed by atoms with Gasteiger partial charge in [0.2, 0.25) is 0 Å². The molecule has 1 aliphatic rings. The lowest BCUT2D eigenvalue weighted by Gasteiger charge is -2.23. The van der Waals surface area contributed by atoms with E-state index in [1.54, 1.807) is 48.5 Å². The zero-order valence-electron chi connectivity index (χ0n) is 17.5. The van der Waals surface area contributed by atoms with Crippen molar-refractivity contribution in [3.63, 3.8) is 0 Å². The Morgan fingerprint density at radius 1 is 1.06 bits per heavy atom. The topological polar surface area (TPSA) is 80.0 Å². The number of anilines is 1. The van der Waals surface area contributed by atoms with E-state index in [-0.39, 0.29) is 17.4 Å². The summed E-state index contributed by atoms with van der Waals surface area (Å²) in [5.74, 6) is -0.822. The van der Waals surface area contributed by atoms with Gasteiger partial charge in [-0.3, -0.25) is 14.5 Å². The predicted octanol–water partition coefficient (Wildman–Crippen LogP) is 5.00. The second-order valence-electron chi connectivity index (χ2n) is 7.71. The number of carbonyl (C=O) groups excluding carboxylic acids is 2. The van der Waals surface area contributed by atoms with Gasteiger partial charge in [0, 0.05) is 11.3 Å². The van der Waals surface area contributed by atoms with E-state index < -0.39 is 17.7 Å². The molecule has 1 saturated heterocycles. The molecule has 0 radical (unpaired) electrons. The first kappa shape index (κ1) is 20.5. The molecule has 1 atom stereocenters. The first-order chi connectivity index (χ1) is 14.9. The van der Waals surface area contributed by atoms with Crippen LogP contribution in [0, 0.1) is 6.92 Å². The van der Waals surface area contributed by atoms with E-state index in [0.717, 1.165) is 5.56 Å². The molecule has 6 nitrogen and oxygen atoms in total. The second-order valence-corrected chi connectivity index (χ2v) is 7.71. The van der Waals surface area contributed by atoms with Crippen molar-refractivity contribution in [1.29, 1.82) is 0 Å². The van der Waals surface area contributed by atoms with Crippen LogP contribution in [0.25, 0.3) is 5.76 Å². The number of carbonyl (C=O) groups is 2. The predicted molar refractivity (Wildman–Crippen MR) is 117 cm³/mol. The largest absolute Gasteiger partial charge is 0.507 e. The molecule has 158 valence electrons. The summed E-state index contributed by atoms with van der Waals surface area (Å²) >= 11 is 0. The van der Waals surface area contributed by atoms with Gasteiger partial charge in [-0.05, 0) is 57.2 Å². The fraction of sp³-hybridized carbons (Fsp3) is 0.200. The van der Waals surface area contributed by atoms with Crippen LogP contribution in [0.1, 0.15) is 36.8 Å². The van der Waals surface area contributed by atoms with Crippen LogP contribution in [0.5, 0.6) is 5.75 Å². The second kappa shape index (κ2) is 8.14. The minimum atomic E-state index is -0.882. The van der Waals surface area contributed by atoms with Gasteiger partial charge in [-0.25, -0.2) is 0 Å². The van der Waals surface area contributed by atoms with Crippen molar-refractivity contribution >= 4 is 23.1 Å². The molecule has 2 heterocycles. The summed E-state index contributed by atoms with van der Waals surface area (Å²) in [5, 5.41) is 11.1. The molecule has 1 fully saturated rings. The lowest BCUT2D eigenvalue weighted by molar-refractivity contribution is -0.132. The molecule has 4 rings (SSSR count). The number of furan rings is 1. The van der Waals surface area contributed by atoms with E-state index >= 15 is 0 Å². The molecule has 0 saturated carbocycles. The Balaban J connectivity index is 1.86. The summed E-state index contributed by atoms with van der Waals surface area (Å²) in [4.78, 5) is 27.4. The Morgan fingerprint density at radius 2 is 1.81 bits per heavy atom. The first-order valence-electron chi connectivity index (χ1n) is 10.0. The smallest absolute Gasteiger partial charge is 0.300 e. The van der Waals surface area contributed by atoms with E-state index in [9.17, 15) is 14.7 Å². The highest BCUT2D eigenvalue weighted by Gasteiger charge is 2.48. The number of hydrogen-bond donors (Lipinski definition) is 1. The van der Waals surface area contributed by atoms with Crippen molar-refractivity contribution in [3.8, 4) is 5.75 Å². The summed E-state index contributed by atoms with van der Waals surface area (Å²) in [7, 11) is 0. The molecule has 0 bridgehead atoms. The zero-order chi connectivity index (χ0) is 22.1. The fourth-order valence-corrected chi connectivity index (χ4v) is 3.66. The minimum absolute atomic E-state index is 0.0257. The third-order valence-corrected chi connectivity index (χ3v) is 5.05. The van der Waals surface area contributed by atoms with Crippen molar-refractivity contribution in [1.82, 2.24) is 0 Å². The molecular formula is C25H23NO5. The maximum Gasteiger partial charge on any atom is 0.300 e. The number of aryl methyl sites for hydroxylation is 1. The van der Waals surface area contributed by atoms with Gasteiger partial charge in [0.15, 0.2) is 0 Å². The van der Waals surface area contributed by atoms with Gasteiger partial charge in [0.05, 0.1) is 17.9 Å². The number of ketones is 1. The molecule has 1 unspecified atom stereocenters. The van der Waals surface area contributed by atoms with E-state index in [1.165, 1.54) is 11.2 Å². The Hall–Kier alpha value is -3.80. The average Bonchev–Trinajstić information content (AvgIpc) is 3.35. The molecule has 0 spiro atoms. The number of rotatable bonds is 5. The number of hydrogen-bond acceptors (Lipinski definition) is 5. The minimum Gasteiger partial charge on any atom is -0.507 e. The lowest BCUT2D eigenvalue weighted by atomic mass is 9.99. The zero-order valence-corrected chi connectivity index (χ0v) is 17.5. The lowest BCUT2D eigenvalue weighted by Crippen LogP contribution is -2.29. The molecule has 1 amide bonds. The van der Waals surface area contributed by atoms with Gasteiger partial charge >= 0.3 is 0 Å². The molecule has 31 heavy (non-hydrogen) atoms. The van der Waals surface area contributed by atoms with Crippen LogP contribution >= 0.6 is 0 Å². The van der Waals surface area contributed by atoms with Crippen molar-refractivity contribution in [2.45, 2.75) is 32.9 Å². The van der Waals surface area contributed by atoms with Crippen molar-refractivity contribution in [3.05, 3.63) is 89.4 Å². The monoisotopic (exact) mass is 417 g/mol. The highest BCUT2D eigenvalue weighted by atomic mass is 16.5. The van der Waals surface area contributed by atoms with Gasteiger partial charge < -0.3 is 14.3 Å². The molecule has 0 aliphatic carbocycles. The van der Waals surface area contributed by atoms with Crippen LogP contribution in [-0.4, -0.2) is 22.9 Å². The maximum atomic E-state index is 13.1. The Kier molecular flexibility index (Phi) is 5.38. The van der Waals surface area contributed by atoms with E-state index in [4.69, 9.17) is 9.15 Å². The van der Waals surface area contributed by atoms with E-state index in [1.807, 2.05) is 32.9 Å². The number of nitrogens with zero attached hydrogens (tertiary/aromatic N) is 1. The number of ether oxygens (including phenoxy) is 1. The van der Waals surface area contributed by atoms with Crippen molar-refractivity contribution in [2.24, 2.45) is 0 Å². The normalized spacial score (nSPS) is 18.1. The maximum absolute atomic E-state index is 13.1. The summed E-state index contributed by atoms with van der Waals surface area (Å²) in [5.41, 5.74) is 1.93. The Labute approximate surface area is 180 Å². The highest BCUT2D eigenvalue weighted by molar-refractivity contribution is 6.51. The molecule has 1 aromatic heterocycles. The average molecular weight is 417 g/mol. The van der Waals surface area contributed by atoms with Crippen LogP contribution in [0.2, 0.25) is 0 Å². The van der Waals surface area contributed by atoms with Gasteiger partial charge in [0.1, 0.15) is 23.3 Å². The van der Waals surface area contributed by atoms with Gasteiger partial charge in [-0.2, -0.15) is 0 Å². The van der Waals surface area contributed by atoms with Crippen LogP contribution < -0.4 is 9.64 Å². The van der Waals surface area contributed by atoms with Gasteiger partial charge in [0.25, 0.3) is 11.7 Å². The summed E-state index contributed by atoms with van der Waals surface area (Å²) in [6.45, 7) is 5.74. The third-order valence-electron chi connectivity index (χ3n) is 5.05. The van der Waals surface area contributed by atoms with E-state index in [2.05, 4.69) is 0 Å². The summed E-state index contributed by atoms with van der Waals surface area (Å²) in [6.07, 6.45) is 1.43. The van der Waals surface area contributed by atoms with Crippen molar-refractivity contribution in [2.75, 3.05) is 4.90 Å². The third kappa shape index (κ3) is 3.84. The summed E-state index contributed by atoms with van der Waals surface area (Å²) in [6, 6.07) is 16.6. The van der Waals surface area contributed by atoms with Crippen LogP contribution in [0.3, 0.4) is 0 Å². The Morgan fingerprint density at radius 3 is 2.45 bits per heavy atom. The number of aliphatic hydroxyl groups is 1. The highest BCUT2D eigenvalue weighted by Crippen LogP contribution is 2.42. The molecule has 2 aromatic carbocycles. The number of Topliss-reactive ketones (excluding diaryl/α,β-unsaturated/α-hetero) is 1. The molecule has 6 heteroatoms. The number of benzene rings is 2. The molecule has 3 aromatic rings. The first-order valence-corrected chi connectivity index (χ1v) is 10.0. The standard InChI is InChI=1S/C25H23NO5/c1-15(2)31-19-7-4-6-17(14-19)23(27)21-22(20-8-5-13-30-20)26(25(29)24(21)28)18-11-9-16(3)10-12-18/h4-15,22,27H,1-3H3/b23-21-. The molecule has 1 N–H and O–H groups in total. The Bertz CT molecular complexity index is 1140. The molecular weight excluding hydrogens is 394 g/mol. The number of amides is 1. The fourth-order valence-electron chi connectivity index (χ4n) is 3.66. The SMILES string of the molecule is Cc1ccc(N2C(=O)C(=O)/C(=C(\O)c3cccc(OC(C)C)c3)C2c2ccco2)cc1. The van der Waals surface area contributed by atoms with Crippen LogP contribution in [0.4, 0.5) is 5.69 Å². The van der Waals surface area contributed by atoms with Crippen molar-refractivity contribution < 1.29 is 23.8 Å².